The molecule has 0 aromatic heterocycles. The Morgan fingerprint density at radius 2 is 2.18 bits per heavy atom. The second-order valence-corrected chi connectivity index (χ2v) is 3.30. The first-order valence-electron chi connectivity index (χ1n) is 3.95. The molecule has 1 rings (SSSR count). The van der Waals surface area contributed by atoms with Gasteiger partial charge < -0.3 is 5.32 Å². The molecule has 3 heteroatoms. The first-order valence-corrected chi connectivity index (χ1v) is 3.95. The summed E-state index contributed by atoms with van der Waals surface area (Å²) >= 11 is 0. The lowest BCUT2D eigenvalue weighted by Gasteiger charge is -2.25. The number of ketones is 1. The number of hydrogen-bond acceptors (Lipinski definition) is 2. The van der Waals surface area contributed by atoms with Crippen LogP contribution in [0.25, 0.3) is 0 Å². The molecule has 0 bridgehead atoms. The van der Waals surface area contributed by atoms with Gasteiger partial charge in [0.2, 0.25) is 0 Å². The van der Waals surface area contributed by atoms with Crippen LogP contribution in [0.2, 0.25) is 0 Å². The molecule has 11 heavy (non-hydrogen) atoms. The number of nitrogens with one attached hydrogen (secondary N) is 1. The zero-order chi connectivity index (χ0) is 7.56. The molecule has 1 aliphatic rings. The van der Waals surface area contributed by atoms with Crippen LogP contribution in [-0.2, 0) is 4.79 Å². The fraction of sp³-hybridized carbons (Fsp3) is 0.875. The fourth-order valence-corrected chi connectivity index (χ4v) is 1.29. The number of Topliss-reactive ketones (excluding diaryl/α,β-unsaturated/α-hetero) is 1. The second-order valence-electron chi connectivity index (χ2n) is 3.30. The van der Waals surface area contributed by atoms with Crippen molar-refractivity contribution >= 4 is 18.2 Å². The molecule has 1 N–H and O–H groups in total. The molecule has 1 heterocycles. The zero-order valence-electron chi connectivity index (χ0n) is 7.09. The normalized spacial score (nSPS) is 25.0. The van der Waals surface area contributed by atoms with Gasteiger partial charge in [-0.3, -0.25) is 4.79 Å². The maximum Gasteiger partial charge on any atom is 0.135 e. The predicted molar refractivity (Wildman–Crippen MR) is 48.1 cm³/mol. The number of piperidine rings is 1. The molecule has 0 saturated carbocycles. The third kappa shape index (κ3) is 3.21. The van der Waals surface area contributed by atoms with E-state index in [1.165, 1.54) is 0 Å². The van der Waals surface area contributed by atoms with Crippen molar-refractivity contribution in [2.24, 2.45) is 5.92 Å². The highest BCUT2D eigenvalue weighted by Crippen LogP contribution is 2.11. The van der Waals surface area contributed by atoms with Crippen LogP contribution in [0.1, 0.15) is 26.7 Å². The average molecular weight is 178 g/mol. The minimum atomic E-state index is 0. The fourth-order valence-electron chi connectivity index (χ4n) is 1.29. The van der Waals surface area contributed by atoms with Gasteiger partial charge in [-0.1, -0.05) is 13.8 Å². The van der Waals surface area contributed by atoms with E-state index >= 15 is 0 Å². The monoisotopic (exact) mass is 177 g/mol. The van der Waals surface area contributed by atoms with Gasteiger partial charge in [-0.2, -0.15) is 0 Å². The van der Waals surface area contributed by atoms with Gasteiger partial charge in [0, 0.05) is 25.4 Å². The first-order chi connectivity index (χ1) is 4.70. The summed E-state index contributed by atoms with van der Waals surface area (Å²) in [4.78, 5) is 10.9. The van der Waals surface area contributed by atoms with Crippen LogP contribution in [0, 0.1) is 5.92 Å². The van der Waals surface area contributed by atoms with Crippen molar-refractivity contribution < 1.29 is 4.79 Å². The number of carbonyl (C=O) groups is 1. The first kappa shape index (κ1) is 10.9. The van der Waals surface area contributed by atoms with Crippen molar-refractivity contribution in [3.8, 4) is 0 Å². The maximum absolute atomic E-state index is 10.9. The van der Waals surface area contributed by atoms with E-state index in [0.717, 1.165) is 19.4 Å². The lowest BCUT2D eigenvalue weighted by Crippen LogP contribution is -2.41. The molecule has 1 aliphatic heterocycles. The highest BCUT2D eigenvalue weighted by Gasteiger charge is 2.20. The van der Waals surface area contributed by atoms with Crippen molar-refractivity contribution in [1.82, 2.24) is 5.32 Å². The quantitative estimate of drug-likeness (QED) is 0.656. The SMILES string of the molecule is CC(C)C1CC(=O)CCN1.Cl. The Morgan fingerprint density at radius 1 is 1.55 bits per heavy atom. The molecule has 0 radical (unpaired) electrons. The van der Waals surface area contributed by atoms with Gasteiger partial charge in [-0.05, 0) is 5.92 Å². The van der Waals surface area contributed by atoms with Crippen molar-refractivity contribution in [2.75, 3.05) is 6.54 Å². The summed E-state index contributed by atoms with van der Waals surface area (Å²) in [5, 5.41) is 3.33. The zero-order valence-corrected chi connectivity index (χ0v) is 7.91. The molecule has 0 aromatic rings. The minimum absolute atomic E-state index is 0. The summed E-state index contributed by atoms with van der Waals surface area (Å²) in [5.41, 5.74) is 0. The van der Waals surface area contributed by atoms with Crippen LogP contribution < -0.4 is 5.32 Å². The van der Waals surface area contributed by atoms with Gasteiger partial charge in [0.1, 0.15) is 5.78 Å². The molecule has 0 amide bonds. The van der Waals surface area contributed by atoms with E-state index in [1.807, 2.05) is 0 Å². The van der Waals surface area contributed by atoms with Crippen molar-refractivity contribution in [2.45, 2.75) is 32.7 Å². The predicted octanol–water partition coefficient (Wildman–Crippen LogP) is 1.39. The Labute approximate surface area is 74.2 Å². The lowest BCUT2D eigenvalue weighted by molar-refractivity contribution is -0.120. The van der Waals surface area contributed by atoms with Gasteiger partial charge in [0.25, 0.3) is 0 Å². The summed E-state index contributed by atoms with van der Waals surface area (Å²) in [6.45, 7) is 5.17. The third-order valence-electron chi connectivity index (χ3n) is 2.06. The summed E-state index contributed by atoms with van der Waals surface area (Å²) in [6, 6.07) is 0.432. The third-order valence-corrected chi connectivity index (χ3v) is 2.06. The summed E-state index contributed by atoms with van der Waals surface area (Å²) in [6.07, 6.45) is 1.46. The smallest absolute Gasteiger partial charge is 0.135 e. The van der Waals surface area contributed by atoms with Gasteiger partial charge in [0.15, 0.2) is 0 Å². The Bertz CT molecular complexity index is 136. The highest BCUT2D eigenvalue weighted by molar-refractivity contribution is 5.85. The number of halogens is 1. The van der Waals surface area contributed by atoms with Crippen molar-refractivity contribution in [3.05, 3.63) is 0 Å². The highest BCUT2D eigenvalue weighted by atomic mass is 35.5. The van der Waals surface area contributed by atoms with Crippen LogP contribution in [0.15, 0.2) is 0 Å². The number of rotatable bonds is 1. The van der Waals surface area contributed by atoms with Gasteiger partial charge in [0.05, 0.1) is 0 Å². The van der Waals surface area contributed by atoms with E-state index in [1.54, 1.807) is 0 Å². The Hall–Kier alpha value is -0.0800. The Kier molecular flexibility index (Phi) is 4.69. The van der Waals surface area contributed by atoms with Crippen LogP contribution in [-0.4, -0.2) is 18.4 Å². The van der Waals surface area contributed by atoms with Crippen LogP contribution in [0.4, 0.5) is 0 Å². The van der Waals surface area contributed by atoms with E-state index in [4.69, 9.17) is 0 Å². The Balaban J connectivity index is 0.000001000. The van der Waals surface area contributed by atoms with Crippen LogP contribution >= 0.6 is 12.4 Å². The largest absolute Gasteiger partial charge is 0.313 e. The molecular weight excluding hydrogens is 162 g/mol. The van der Waals surface area contributed by atoms with E-state index in [2.05, 4.69) is 19.2 Å². The second kappa shape index (κ2) is 4.73. The molecule has 1 unspecified atom stereocenters. The number of carbonyl (C=O) groups excluding carboxylic acids is 1. The molecule has 2 nitrogen and oxygen atoms in total. The van der Waals surface area contributed by atoms with Crippen molar-refractivity contribution in [1.29, 1.82) is 0 Å². The molecule has 0 aliphatic carbocycles. The lowest BCUT2D eigenvalue weighted by atomic mass is 9.94. The summed E-state index contributed by atoms with van der Waals surface area (Å²) in [5.74, 6) is 1.00. The maximum atomic E-state index is 10.9. The molecule has 66 valence electrons. The molecule has 0 aromatic carbocycles. The van der Waals surface area contributed by atoms with E-state index < -0.39 is 0 Å². The van der Waals surface area contributed by atoms with Gasteiger partial charge >= 0.3 is 0 Å². The average Bonchev–Trinajstić information content (AvgIpc) is 1.88. The van der Waals surface area contributed by atoms with E-state index in [0.29, 0.717) is 17.7 Å². The minimum Gasteiger partial charge on any atom is -0.313 e. The van der Waals surface area contributed by atoms with E-state index in [9.17, 15) is 4.79 Å². The topological polar surface area (TPSA) is 29.1 Å². The number of hydrogen-bond donors (Lipinski definition) is 1. The molecule has 1 fully saturated rings. The molecule has 1 saturated heterocycles. The standard InChI is InChI=1S/C8H15NO.ClH/c1-6(2)8-5-7(10)3-4-9-8;/h6,8-9H,3-5H2,1-2H3;1H. The van der Waals surface area contributed by atoms with Crippen LogP contribution in [0.3, 0.4) is 0 Å². The van der Waals surface area contributed by atoms with Crippen LogP contribution in [0.5, 0.6) is 0 Å². The van der Waals surface area contributed by atoms with E-state index in [-0.39, 0.29) is 12.4 Å². The molecule has 0 spiro atoms. The Morgan fingerprint density at radius 3 is 2.55 bits per heavy atom. The van der Waals surface area contributed by atoms with Crippen molar-refractivity contribution in [3.63, 3.8) is 0 Å². The summed E-state index contributed by atoms with van der Waals surface area (Å²) in [7, 11) is 0. The van der Waals surface area contributed by atoms with Gasteiger partial charge in [-0.15, -0.1) is 12.4 Å². The molecular formula is C8H16ClNO. The summed E-state index contributed by atoms with van der Waals surface area (Å²) < 4.78 is 0. The molecule has 1 atom stereocenters. The van der Waals surface area contributed by atoms with Gasteiger partial charge in [-0.25, -0.2) is 0 Å².